The zero-order valence-electron chi connectivity index (χ0n) is 11.5. The Hall–Kier alpha value is -2.29. The summed E-state index contributed by atoms with van der Waals surface area (Å²) in [5.74, 6) is 1.45. The molecule has 2 aromatic carbocycles. The van der Waals surface area contributed by atoms with Crippen LogP contribution in [0.3, 0.4) is 0 Å². The molecule has 0 unspecified atom stereocenters. The molecule has 0 spiro atoms. The maximum absolute atomic E-state index is 11.8. The van der Waals surface area contributed by atoms with Gasteiger partial charge in [0.05, 0.1) is 14.2 Å². The Morgan fingerprint density at radius 2 is 1.80 bits per heavy atom. The highest BCUT2D eigenvalue weighted by molar-refractivity contribution is 6.02. The number of hydrogen-bond acceptors (Lipinski definition) is 3. The highest BCUT2D eigenvalue weighted by atomic mass is 16.5. The van der Waals surface area contributed by atoms with Gasteiger partial charge >= 0.3 is 0 Å². The van der Waals surface area contributed by atoms with Crippen molar-refractivity contribution in [2.75, 3.05) is 14.2 Å². The maximum Gasteiger partial charge on any atom is 0.169 e. The zero-order valence-corrected chi connectivity index (χ0v) is 11.5. The molecule has 1 aliphatic carbocycles. The summed E-state index contributed by atoms with van der Waals surface area (Å²) in [5.41, 5.74) is 3.93. The second-order valence-electron chi connectivity index (χ2n) is 4.73. The van der Waals surface area contributed by atoms with Crippen LogP contribution >= 0.6 is 0 Å². The van der Waals surface area contributed by atoms with Crippen LogP contribution in [0, 0.1) is 6.07 Å². The van der Waals surface area contributed by atoms with Gasteiger partial charge in [0.1, 0.15) is 0 Å². The van der Waals surface area contributed by atoms with Crippen molar-refractivity contribution in [1.29, 1.82) is 0 Å². The monoisotopic (exact) mass is 267 g/mol. The number of rotatable bonds is 3. The molecule has 3 rings (SSSR count). The van der Waals surface area contributed by atoms with Gasteiger partial charge in [0.15, 0.2) is 17.3 Å². The number of carbonyl (C=O) groups is 1. The van der Waals surface area contributed by atoms with Crippen LogP contribution in [0.15, 0.2) is 30.3 Å². The van der Waals surface area contributed by atoms with Crippen molar-refractivity contribution in [3.05, 3.63) is 47.5 Å². The summed E-state index contributed by atoms with van der Waals surface area (Å²) in [6.45, 7) is 0. The van der Waals surface area contributed by atoms with Crippen molar-refractivity contribution in [3.63, 3.8) is 0 Å². The quantitative estimate of drug-likeness (QED) is 0.856. The standard InChI is InChI=1S/C17H15O3/c1-19-16-9-6-11(10-17(16)20-2)12-4-3-5-14-13(12)7-8-15(14)18/h3-6,9H,7-8H2,1-2H3. The van der Waals surface area contributed by atoms with Crippen LogP contribution in [-0.4, -0.2) is 20.0 Å². The molecule has 20 heavy (non-hydrogen) atoms. The number of benzene rings is 2. The topological polar surface area (TPSA) is 35.5 Å². The van der Waals surface area contributed by atoms with E-state index in [1.54, 1.807) is 14.2 Å². The first-order valence-electron chi connectivity index (χ1n) is 6.54. The van der Waals surface area contributed by atoms with Gasteiger partial charge in [-0.3, -0.25) is 4.79 Å². The van der Waals surface area contributed by atoms with Crippen LogP contribution < -0.4 is 9.47 Å². The summed E-state index contributed by atoms with van der Waals surface area (Å²) >= 11 is 0. The summed E-state index contributed by atoms with van der Waals surface area (Å²) in [6.07, 6.45) is 1.40. The summed E-state index contributed by atoms with van der Waals surface area (Å²) in [4.78, 5) is 11.8. The van der Waals surface area contributed by atoms with Gasteiger partial charge in [-0.25, -0.2) is 0 Å². The molecular formula is C17H15O3. The number of methoxy groups -OCH3 is 2. The van der Waals surface area contributed by atoms with Crippen molar-refractivity contribution in [2.45, 2.75) is 12.8 Å². The second-order valence-corrected chi connectivity index (χ2v) is 4.73. The summed E-state index contributed by atoms with van der Waals surface area (Å²) < 4.78 is 10.5. The normalized spacial score (nSPS) is 13.2. The minimum absolute atomic E-state index is 0.224. The lowest BCUT2D eigenvalue weighted by Gasteiger charge is -2.11. The third kappa shape index (κ3) is 1.95. The molecule has 1 aliphatic rings. The van der Waals surface area contributed by atoms with Gasteiger partial charge < -0.3 is 9.47 Å². The van der Waals surface area contributed by atoms with E-state index in [2.05, 4.69) is 6.07 Å². The van der Waals surface area contributed by atoms with E-state index in [0.29, 0.717) is 17.9 Å². The number of hydrogen-bond donors (Lipinski definition) is 0. The largest absolute Gasteiger partial charge is 0.493 e. The molecule has 3 heteroatoms. The fourth-order valence-corrected chi connectivity index (χ4v) is 2.67. The Morgan fingerprint density at radius 1 is 1.00 bits per heavy atom. The Labute approximate surface area is 118 Å². The van der Waals surface area contributed by atoms with Gasteiger partial charge in [-0.15, -0.1) is 0 Å². The fourth-order valence-electron chi connectivity index (χ4n) is 2.67. The molecule has 0 saturated heterocycles. The summed E-state index contributed by atoms with van der Waals surface area (Å²) in [5, 5.41) is 0. The Kier molecular flexibility index (Phi) is 3.18. The average molecular weight is 267 g/mol. The van der Waals surface area contributed by atoms with E-state index >= 15 is 0 Å². The molecule has 0 heterocycles. The third-order valence-electron chi connectivity index (χ3n) is 3.67. The number of ketones is 1. The zero-order chi connectivity index (χ0) is 14.1. The van der Waals surface area contributed by atoms with Crippen LogP contribution in [0.5, 0.6) is 11.5 Å². The molecule has 0 atom stereocenters. The molecule has 0 N–H and O–H groups in total. The van der Waals surface area contributed by atoms with Crippen LogP contribution in [0.4, 0.5) is 0 Å². The summed E-state index contributed by atoms with van der Waals surface area (Å²) in [6, 6.07) is 12.9. The lowest BCUT2D eigenvalue weighted by atomic mass is 9.96. The van der Waals surface area contributed by atoms with Gasteiger partial charge in [-0.1, -0.05) is 18.2 Å². The van der Waals surface area contributed by atoms with E-state index in [1.807, 2.05) is 30.3 Å². The van der Waals surface area contributed by atoms with Crippen LogP contribution in [0.25, 0.3) is 11.1 Å². The van der Waals surface area contributed by atoms with Crippen molar-refractivity contribution >= 4 is 5.78 Å². The van der Waals surface area contributed by atoms with Gasteiger partial charge in [-0.2, -0.15) is 0 Å². The van der Waals surface area contributed by atoms with Gasteiger partial charge in [0, 0.05) is 18.1 Å². The first-order chi connectivity index (χ1) is 9.74. The molecule has 3 nitrogen and oxygen atoms in total. The maximum atomic E-state index is 11.8. The van der Waals surface area contributed by atoms with Crippen molar-refractivity contribution in [1.82, 2.24) is 0 Å². The Balaban J connectivity index is 2.13. The van der Waals surface area contributed by atoms with Crippen molar-refractivity contribution in [2.24, 2.45) is 0 Å². The fraction of sp³-hybridized carbons (Fsp3) is 0.235. The Morgan fingerprint density at radius 3 is 2.55 bits per heavy atom. The molecule has 0 aliphatic heterocycles. The van der Waals surface area contributed by atoms with E-state index in [1.165, 1.54) is 0 Å². The molecule has 0 fully saturated rings. The predicted octanol–water partition coefficient (Wildman–Crippen LogP) is 3.30. The lowest BCUT2D eigenvalue weighted by molar-refractivity contribution is 0.0994. The van der Waals surface area contributed by atoms with E-state index < -0.39 is 0 Å². The van der Waals surface area contributed by atoms with Crippen LogP contribution in [0.1, 0.15) is 22.3 Å². The Bertz CT molecular complexity index is 674. The van der Waals surface area contributed by atoms with E-state index in [9.17, 15) is 4.79 Å². The van der Waals surface area contributed by atoms with E-state index in [4.69, 9.17) is 9.47 Å². The van der Waals surface area contributed by atoms with Crippen LogP contribution in [0.2, 0.25) is 0 Å². The van der Waals surface area contributed by atoms with Crippen LogP contribution in [-0.2, 0) is 6.42 Å². The van der Waals surface area contributed by atoms with Gasteiger partial charge in [0.2, 0.25) is 0 Å². The van der Waals surface area contributed by atoms with E-state index in [-0.39, 0.29) is 5.78 Å². The number of carbonyl (C=O) groups excluding carboxylic acids is 1. The first-order valence-corrected chi connectivity index (χ1v) is 6.54. The SMILES string of the molecule is COc1[c]c(-c2cccc3c2CCC3=O)ccc1OC. The van der Waals surface area contributed by atoms with Crippen molar-refractivity contribution in [3.8, 4) is 22.6 Å². The minimum atomic E-state index is 0.224. The predicted molar refractivity (Wildman–Crippen MR) is 76.5 cm³/mol. The number of fused-ring (bicyclic) bond motifs is 1. The molecule has 0 saturated carbocycles. The molecule has 101 valence electrons. The smallest absolute Gasteiger partial charge is 0.169 e. The lowest BCUT2D eigenvalue weighted by Crippen LogP contribution is -1.94. The van der Waals surface area contributed by atoms with E-state index in [0.717, 1.165) is 28.7 Å². The average Bonchev–Trinajstić information content (AvgIpc) is 2.88. The third-order valence-corrected chi connectivity index (χ3v) is 3.67. The molecule has 2 aromatic rings. The number of ether oxygens (including phenoxy) is 2. The van der Waals surface area contributed by atoms with Gasteiger partial charge in [-0.05, 0) is 35.2 Å². The molecule has 1 radical (unpaired) electrons. The highest BCUT2D eigenvalue weighted by Gasteiger charge is 2.22. The molecular weight excluding hydrogens is 252 g/mol. The van der Waals surface area contributed by atoms with Crippen molar-refractivity contribution < 1.29 is 14.3 Å². The van der Waals surface area contributed by atoms with Gasteiger partial charge in [0.25, 0.3) is 0 Å². The molecule has 0 aromatic heterocycles. The summed E-state index contributed by atoms with van der Waals surface area (Å²) in [7, 11) is 3.20. The molecule has 0 amide bonds. The highest BCUT2D eigenvalue weighted by Crippen LogP contribution is 2.36. The second kappa shape index (κ2) is 5.00. The minimum Gasteiger partial charge on any atom is -0.493 e. The molecule has 0 bridgehead atoms. The number of Topliss-reactive ketones (excluding diaryl/α,β-unsaturated/α-hetero) is 1. The first kappa shape index (κ1) is 12.7.